The molecule has 1 atom stereocenters. The summed E-state index contributed by atoms with van der Waals surface area (Å²) in [4.78, 5) is 27.0. The molecule has 2 rings (SSSR count). The minimum Gasteiger partial charge on any atom is -0.373 e. The summed E-state index contributed by atoms with van der Waals surface area (Å²) in [6.07, 6.45) is -0.0734. The molecule has 0 saturated carbocycles. The van der Waals surface area contributed by atoms with Gasteiger partial charge in [-0.1, -0.05) is 12.1 Å². The van der Waals surface area contributed by atoms with Crippen LogP contribution >= 0.6 is 0 Å². The molecule has 1 aromatic rings. The van der Waals surface area contributed by atoms with Gasteiger partial charge in [0, 0.05) is 25.7 Å². The lowest BCUT2D eigenvalue weighted by Crippen LogP contribution is -2.49. The number of aryl methyl sites for hydroxylation is 1. The number of carbonyl (C=O) groups excluding carboxylic acids is 1. The van der Waals surface area contributed by atoms with Crippen LogP contribution in [0.4, 0.5) is 5.69 Å². The molecule has 1 fully saturated rings. The number of rotatable bonds is 4. The first-order valence-electron chi connectivity index (χ1n) is 7.19. The average molecular weight is 307 g/mol. The van der Waals surface area contributed by atoms with Crippen LogP contribution < -0.4 is 0 Å². The molecule has 0 spiro atoms. The molecule has 0 N–H and O–H groups in total. The Labute approximate surface area is 129 Å². The van der Waals surface area contributed by atoms with Gasteiger partial charge in [-0.05, 0) is 26.6 Å². The Bertz CT molecular complexity index is 574. The molecule has 1 aliphatic heterocycles. The quantitative estimate of drug-likeness (QED) is 0.619. The minimum atomic E-state index is -0.502. The van der Waals surface area contributed by atoms with E-state index in [2.05, 4.69) is 0 Å². The molecule has 1 aromatic carbocycles. The Kier molecular flexibility index (Phi) is 5.10. The number of benzene rings is 1. The Balaban J connectivity index is 2.23. The minimum absolute atomic E-state index is 0.0734. The number of nitro groups is 1. The van der Waals surface area contributed by atoms with Crippen molar-refractivity contribution in [1.29, 1.82) is 0 Å². The second-order valence-corrected chi connectivity index (χ2v) is 5.73. The lowest BCUT2D eigenvalue weighted by molar-refractivity contribution is -0.385. The molecule has 0 aromatic heterocycles. The second kappa shape index (κ2) is 6.85. The van der Waals surface area contributed by atoms with Crippen molar-refractivity contribution in [2.75, 3.05) is 40.3 Å². The van der Waals surface area contributed by atoms with Gasteiger partial charge in [-0.15, -0.1) is 0 Å². The number of nitro benzene ring substituents is 1. The van der Waals surface area contributed by atoms with Crippen molar-refractivity contribution in [3.05, 3.63) is 39.4 Å². The highest BCUT2D eigenvalue weighted by molar-refractivity contribution is 5.99. The Morgan fingerprint density at radius 2 is 2.23 bits per heavy atom. The molecule has 1 unspecified atom stereocenters. The molecule has 0 aliphatic carbocycles. The van der Waals surface area contributed by atoms with Gasteiger partial charge in [0.15, 0.2) is 0 Å². The summed E-state index contributed by atoms with van der Waals surface area (Å²) in [5.74, 6) is -0.295. The fourth-order valence-corrected chi connectivity index (χ4v) is 2.66. The summed E-state index contributed by atoms with van der Waals surface area (Å²) in [6, 6.07) is 4.69. The van der Waals surface area contributed by atoms with Crippen LogP contribution in [0, 0.1) is 17.0 Å². The number of ether oxygens (including phenoxy) is 1. The molecule has 1 aliphatic rings. The van der Waals surface area contributed by atoms with Crippen LogP contribution in [0.25, 0.3) is 0 Å². The fourth-order valence-electron chi connectivity index (χ4n) is 2.66. The van der Waals surface area contributed by atoms with Crippen LogP contribution in [0.15, 0.2) is 18.2 Å². The van der Waals surface area contributed by atoms with Crippen molar-refractivity contribution in [3.8, 4) is 0 Å². The fraction of sp³-hybridized carbons (Fsp3) is 0.533. The molecule has 1 saturated heterocycles. The smallest absolute Gasteiger partial charge is 0.282 e. The van der Waals surface area contributed by atoms with Crippen LogP contribution in [0.1, 0.15) is 15.9 Å². The van der Waals surface area contributed by atoms with E-state index < -0.39 is 4.92 Å². The zero-order valence-corrected chi connectivity index (χ0v) is 13.1. The van der Waals surface area contributed by atoms with Gasteiger partial charge < -0.3 is 14.5 Å². The monoisotopic (exact) mass is 307 g/mol. The Hall–Kier alpha value is -1.99. The van der Waals surface area contributed by atoms with Crippen molar-refractivity contribution in [1.82, 2.24) is 9.80 Å². The van der Waals surface area contributed by atoms with E-state index in [1.165, 1.54) is 6.07 Å². The van der Waals surface area contributed by atoms with Crippen LogP contribution in [0.5, 0.6) is 0 Å². The normalized spacial score (nSPS) is 18.5. The zero-order chi connectivity index (χ0) is 16.3. The maximum atomic E-state index is 12.7. The van der Waals surface area contributed by atoms with Crippen LogP contribution in [0.3, 0.4) is 0 Å². The van der Waals surface area contributed by atoms with Crippen LogP contribution in [-0.4, -0.2) is 67.1 Å². The molecule has 1 amide bonds. The molecule has 7 heteroatoms. The third kappa shape index (κ3) is 3.61. The Morgan fingerprint density at radius 1 is 1.50 bits per heavy atom. The number of hydrogen-bond acceptors (Lipinski definition) is 5. The van der Waals surface area contributed by atoms with Crippen molar-refractivity contribution in [2.45, 2.75) is 13.0 Å². The largest absolute Gasteiger partial charge is 0.373 e. The van der Waals surface area contributed by atoms with Gasteiger partial charge >= 0.3 is 0 Å². The maximum absolute atomic E-state index is 12.7. The summed E-state index contributed by atoms with van der Waals surface area (Å²) < 4.78 is 5.64. The first-order valence-corrected chi connectivity index (χ1v) is 7.19. The molecular formula is C15H21N3O4. The average Bonchev–Trinajstić information content (AvgIpc) is 2.45. The standard InChI is InChI=1S/C15H21N3O4/c1-11-5-4-6-13(18(20)21)14(11)15(19)17-7-8-22-12(10-17)9-16(2)3/h4-6,12H,7-10H2,1-3H3. The van der Waals surface area contributed by atoms with E-state index in [1.807, 2.05) is 19.0 Å². The summed E-state index contributed by atoms with van der Waals surface area (Å²) in [5.41, 5.74) is 0.661. The van der Waals surface area contributed by atoms with Crippen LogP contribution in [0.2, 0.25) is 0 Å². The van der Waals surface area contributed by atoms with E-state index in [0.29, 0.717) is 31.8 Å². The van der Waals surface area contributed by atoms with E-state index in [0.717, 1.165) is 0 Å². The highest BCUT2D eigenvalue weighted by atomic mass is 16.6. The van der Waals surface area contributed by atoms with E-state index in [4.69, 9.17) is 4.74 Å². The van der Waals surface area contributed by atoms with E-state index in [9.17, 15) is 14.9 Å². The molecular weight excluding hydrogens is 286 g/mol. The van der Waals surface area contributed by atoms with Gasteiger partial charge in [0.2, 0.25) is 0 Å². The van der Waals surface area contributed by atoms with Gasteiger partial charge in [0.1, 0.15) is 5.56 Å². The van der Waals surface area contributed by atoms with Crippen LogP contribution in [-0.2, 0) is 4.74 Å². The SMILES string of the molecule is Cc1cccc([N+](=O)[O-])c1C(=O)N1CCOC(CN(C)C)C1. The third-order valence-electron chi connectivity index (χ3n) is 3.66. The number of carbonyl (C=O) groups is 1. The third-order valence-corrected chi connectivity index (χ3v) is 3.66. The Morgan fingerprint density at radius 3 is 2.86 bits per heavy atom. The van der Waals surface area contributed by atoms with E-state index in [-0.39, 0.29) is 23.3 Å². The zero-order valence-electron chi connectivity index (χ0n) is 13.1. The van der Waals surface area contributed by atoms with E-state index >= 15 is 0 Å². The molecule has 7 nitrogen and oxygen atoms in total. The molecule has 120 valence electrons. The lowest BCUT2D eigenvalue weighted by Gasteiger charge is -2.34. The van der Waals surface area contributed by atoms with Gasteiger partial charge in [0.25, 0.3) is 11.6 Å². The van der Waals surface area contributed by atoms with Gasteiger partial charge in [-0.2, -0.15) is 0 Å². The number of likely N-dealkylation sites (N-methyl/N-ethyl adjacent to an activating group) is 1. The highest BCUT2D eigenvalue weighted by Crippen LogP contribution is 2.24. The maximum Gasteiger partial charge on any atom is 0.282 e. The predicted octanol–water partition coefficient (Wildman–Crippen LogP) is 1.31. The molecule has 0 bridgehead atoms. The van der Waals surface area contributed by atoms with Gasteiger partial charge in [-0.25, -0.2) is 0 Å². The highest BCUT2D eigenvalue weighted by Gasteiger charge is 2.30. The summed E-state index contributed by atoms with van der Waals surface area (Å²) >= 11 is 0. The van der Waals surface area contributed by atoms with Gasteiger partial charge in [0.05, 0.1) is 17.6 Å². The van der Waals surface area contributed by atoms with Gasteiger partial charge in [-0.3, -0.25) is 14.9 Å². The number of nitrogens with zero attached hydrogens (tertiary/aromatic N) is 3. The summed E-state index contributed by atoms with van der Waals surface area (Å²) in [6.45, 7) is 3.78. The summed E-state index contributed by atoms with van der Waals surface area (Å²) in [5, 5.41) is 11.2. The number of amides is 1. The topological polar surface area (TPSA) is 75.9 Å². The van der Waals surface area contributed by atoms with Crippen molar-refractivity contribution >= 4 is 11.6 Å². The molecule has 1 heterocycles. The van der Waals surface area contributed by atoms with Crippen molar-refractivity contribution < 1.29 is 14.5 Å². The summed E-state index contributed by atoms with van der Waals surface area (Å²) in [7, 11) is 3.88. The number of hydrogen-bond donors (Lipinski definition) is 0. The number of morpholine rings is 1. The van der Waals surface area contributed by atoms with Crippen molar-refractivity contribution in [3.63, 3.8) is 0 Å². The predicted molar refractivity (Wildman–Crippen MR) is 82.0 cm³/mol. The van der Waals surface area contributed by atoms with E-state index in [1.54, 1.807) is 24.0 Å². The first kappa shape index (κ1) is 16.4. The molecule has 22 heavy (non-hydrogen) atoms. The lowest BCUT2D eigenvalue weighted by atomic mass is 10.0. The van der Waals surface area contributed by atoms with Crippen molar-refractivity contribution in [2.24, 2.45) is 0 Å². The second-order valence-electron chi connectivity index (χ2n) is 5.73. The molecule has 0 radical (unpaired) electrons. The first-order chi connectivity index (χ1) is 10.4.